The molecule has 1 spiro atoms. The van der Waals surface area contributed by atoms with Gasteiger partial charge in [-0.25, -0.2) is 22.9 Å². The molecule has 198 valence electrons. The van der Waals surface area contributed by atoms with Gasteiger partial charge in [0, 0.05) is 62.3 Å². The molecule has 3 aromatic rings. The van der Waals surface area contributed by atoms with E-state index in [0.29, 0.717) is 62.5 Å². The number of oxime groups is 1. The fraction of sp³-hybridized carbons (Fsp3) is 0.321. The summed E-state index contributed by atoms with van der Waals surface area (Å²) in [6.07, 6.45) is 3.44. The van der Waals surface area contributed by atoms with Crippen LogP contribution in [0.3, 0.4) is 0 Å². The van der Waals surface area contributed by atoms with Crippen LogP contribution >= 0.6 is 0 Å². The molecule has 38 heavy (non-hydrogen) atoms. The van der Waals surface area contributed by atoms with Crippen LogP contribution in [0.1, 0.15) is 47.7 Å². The lowest BCUT2D eigenvalue weighted by molar-refractivity contribution is -0.0626. The number of piperidine rings is 1. The Kier molecular flexibility index (Phi) is 7.07. The fourth-order valence-electron chi connectivity index (χ4n) is 4.92. The number of aromatic carboxylic acids is 1. The largest absolute Gasteiger partial charge is 0.478 e. The SMILES string of the molecule is CCOc1cc(CN2CCC3(CC2)CC(c2ccc(C(=O)O)cc2)=NO3)c(-c2ccc(F)c(F)c2F)cn1. The number of hydrogen-bond acceptors (Lipinski definition) is 6. The number of nitrogens with zero attached hydrogens (tertiary/aromatic N) is 3. The number of hydrogen-bond donors (Lipinski definition) is 1. The van der Waals surface area contributed by atoms with Gasteiger partial charge in [0.15, 0.2) is 17.5 Å². The Morgan fingerprint density at radius 3 is 2.50 bits per heavy atom. The molecule has 0 atom stereocenters. The molecule has 2 aromatic carbocycles. The Bertz CT molecular complexity index is 1390. The molecule has 7 nitrogen and oxygen atoms in total. The van der Waals surface area contributed by atoms with E-state index in [2.05, 4.69) is 15.0 Å². The van der Waals surface area contributed by atoms with Crippen molar-refractivity contribution in [3.05, 3.63) is 82.8 Å². The molecule has 0 unspecified atom stereocenters. The maximum absolute atomic E-state index is 14.6. The number of carboxylic acids is 1. The summed E-state index contributed by atoms with van der Waals surface area (Å²) >= 11 is 0. The Morgan fingerprint density at radius 2 is 1.82 bits per heavy atom. The van der Waals surface area contributed by atoms with Gasteiger partial charge in [0.25, 0.3) is 0 Å². The first-order chi connectivity index (χ1) is 18.3. The Balaban J connectivity index is 1.29. The van der Waals surface area contributed by atoms with Crippen molar-refractivity contribution < 1.29 is 32.6 Å². The van der Waals surface area contributed by atoms with Gasteiger partial charge in [-0.1, -0.05) is 17.3 Å². The van der Waals surface area contributed by atoms with Crippen molar-refractivity contribution in [3.8, 4) is 17.0 Å². The second kappa shape index (κ2) is 10.4. The van der Waals surface area contributed by atoms with Crippen LogP contribution in [0, 0.1) is 17.5 Å². The molecule has 2 aliphatic rings. The van der Waals surface area contributed by atoms with Crippen molar-refractivity contribution in [1.29, 1.82) is 0 Å². The van der Waals surface area contributed by atoms with Crippen LogP contribution in [0.15, 0.2) is 53.8 Å². The minimum atomic E-state index is -1.52. The van der Waals surface area contributed by atoms with Crippen molar-refractivity contribution in [3.63, 3.8) is 0 Å². The van der Waals surface area contributed by atoms with E-state index in [0.717, 1.165) is 17.3 Å². The van der Waals surface area contributed by atoms with Gasteiger partial charge in [0.05, 0.1) is 17.9 Å². The zero-order valence-corrected chi connectivity index (χ0v) is 20.7. The second-order valence-corrected chi connectivity index (χ2v) is 9.48. The molecule has 0 aliphatic carbocycles. The van der Waals surface area contributed by atoms with Crippen LogP contribution in [0.2, 0.25) is 0 Å². The van der Waals surface area contributed by atoms with Gasteiger partial charge in [0.1, 0.15) is 5.60 Å². The highest BCUT2D eigenvalue weighted by Gasteiger charge is 2.42. The van der Waals surface area contributed by atoms with Crippen LogP contribution in [-0.4, -0.2) is 52.0 Å². The number of carboxylic acid groups (broad SMARTS) is 1. The predicted molar refractivity (Wildman–Crippen MR) is 134 cm³/mol. The summed E-state index contributed by atoms with van der Waals surface area (Å²) in [4.78, 5) is 23.4. The summed E-state index contributed by atoms with van der Waals surface area (Å²) in [7, 11) is 0. The van der Waals surface area contributed by atoms with Gasteiger partial charge in [0.2, 0.25) is 5.88 Å². The number of carbonyl (C=O) groups is 1. The highest BCUT2D eigenvalue weighted by Crippen LogP contribution is 2.37. The molecule has 1 aromatic heterocycles. The number of pyridine rings is 1. The van der Waals surface area contributed by atoms with Crippen LogP contribution in [0.25, 0.3) is 11.1 Å². The number of ether oxygens (including phenoxy) is 1. The van der Waals surface area contributed by atoms with Crippen molar-refractivity contribution >= 4 is 11.7 Å². The molecule has 0 saturated carbocycles. The number of halogens is 3. The van der Waals surface area contributed by atoms with Crippen molar-refractivity contribution in [1.82, 2.24) is 9.88 Å². The number of rotatable bonds is 7. The third kappa shape index (κ3) is 5.08. The summed E-state index contributed by atoms with van der Waals surface area (Å²) in [6.45, 7) is 4.00. The lowest BCUT2D eigenvalue weighted by Gasteiger charge is -2.37. The topological polar surface area (TPSA) is 84.2 Å². The first-order valence-electron chi connectivity index (χ1n) is 12.4. The van der Waals surface area contributed by atoms with Gasteiger partial charge in [-0.15, -0.1) is 0 Å². The number of aromatic nitrogens is 1. The molecule has 0 radical (unpaired) electrons. The molecule has 10 heteroatoms. The Morgan fingerprint density at radius 1 is 1.08 bits per heavy atom. The summed E-state index contributed by atoms with van der Waals surface area (Å²) < 4.78 is 47.7. The summed E-state index contributed by atoms with van der Waals surface area (Å²) in [6, 6.07) is 10.4. The van der Waals surface area contributed by atoms with Gasteiger partial charge in [-0.05, 0) is 42.3 Å². The highest BCUT2D eigenvalue weighted by atomic mass is 19.2. The van der Waals surface area contributed by atoms with E-state index < -0.39 is 29.0 Å². The monoisotopic (exact) mass is 525 g/mol. The lowest BCUT2D eigenvalue weighted by Crippen LogP contribution is -2.44. The van der Waals surface area contributed by atoms with Crippen molar-refractivity contribution in [2.45, 2.75) is 38.3 Å². The van der Waals surface area contributed by atoms with Crippen LogP contribution in [0.4, 0.5) is 13.2 Å². The minimum absolute atomic E-state index is 0.0611. The zero-order valence-electron chi connectivity index (χ0n) is 20.7. The van der Waals surface area contributed by atoms with Gasteiger partial charge in [-0.3, -0.25) is 4.90 Å². The molecule has 0 bridgehead atoms. The molecule has 0 amide bonds. The van der Waals surface area contributed by atoms with Gasteiger partial charge < -0.3 is 14.7 Å². The van der Waals surface area contributed by atoms with E-state index in [1.54, 1.807) is 30.3 Å². The van der Waals surface area contributed by atoms with Crippen molar-refractivity contribution in [2.24, 2.45) is 5.16 Å². The van der Waals surface area contributed by atoms with E-state index in [4.69, 9.17) is 14.7 Å². The van der Waals surface area contributed by atoms with E-state index in [1.807, 2.05) is 6.92 Å². The van der Waals surface area contributed by atoms with Gasteiger partial charge >= 0.3 is 5.97 Å². The molecule has 1 N–H and O–H groups in total. The van der Waals surface area contributed by atoms with E-state index >= 15 is 0 Å². The smallest absolute Gasteiger partial charge is 0.335 e. The normalized spacial score (nSPS) is 16.8. The fourth-order valence-corrected chi connectivity index (χ4v) is 4.92. The Labute approximate surface area is 217 Å². The maximum Gasteiger partial charge on any atom is 0.335 e. The van der Waals surface area contributed by atoms with Gasteiger partial charge in [-0.2, -0.15) is 0 Å². The van der Waals surface area contributed by atoms with E-state index in [-0.39, 0.29) is 11.1 Å². The third-order valence-corrected chi connectivity index (χ3v) is 7.05. The number of benzene rings is 2. The second-order valence-electron chi connectivity index (χ2n) is 9.48. The summed E-state index contributed by atoms with van der Waals surface area (Å²) in [5, 5.41) is 13.4. The lowest BCUT2D eigenvalue weighted by atomic mass is 9.85. The quantitative estimate of drug-likeness (QED) is 0.415. The first kappa shape index (κ1) is 25.7. The highest BCUT2D eigenvalue weighted by molar-refractivity contribution is 6.02. The Hall–Kier alpha value is -3.92. The standard InChI is InChI=1S/C28H26F3N3O4/c1-2-37-24-13-19(21(15-32-24)20-7-8-22(29)26(31)25(20)30)16-34-11-9-28(10-12-34)14-23(33-38-28)17-3-5-18(6-4-17)27(35)36/h3-8,13,15H,2,9-12,14,16H2,1H3,(H,35,36). The average Bonchev–Trinajstić information content (AvgIpc) is 3.33. The van der Waals surface area contributed by atoms with Crippen LogP contribution < -0.4 is 4.74 Å². The molecular weight excluding hydrogens is 499 g/mol. The van der Waals surface area contributed by atoms with E-state index in [9.17, 15) is 18.0 Å². The molecule has 1 fully saturated rings. The predicted octanol–water partition coefficient (Wildman–Crippen LogP) is 5.42. The zero-order chi connectivity index (χ0) is 26.9. The van der Waals surface area contributed by atoms with Crippen molar-refractivity contribution in [2.75, 3.05) is 19.7 Å². The molecular formula is C28H26F3N3O4. The molecule has 5 rings (SSSR count). The molecule has 1 saturated heterocycles. The summed E-state index contributed by atoms with van der Waals surface area (Å²) in [5.41, 5.74) is 2.37. The molecule has 2 aliphatic heterocycles. The number of likely N-dealkylation sites (tertiary alicyclic amines) is 1. The molecule has 3 heterocycles. The average molecular weight is 526 g/mol. The van der Waals surface area contributed by atoms with E-state index in [1.165, 1.54) is 12.3 Å². The summed E-state index contributed by atoms with van der Waals surface area (Å²) in [5.74, 6) is -4.63. The van der Waals surface area contributed by atoms with Crippen LogP contribution in [0.5, 0.6) is 5.88 Å². The maximum atomic E-state index is 14.6. The first-order valence-corrected chi connectivity index (χ1v) is 12.4. The third-order valence-electron chi connectivity index (χ3n) is 7.05. The van der Waals surface area contributed by atoms with Crippen LogP contribution in [-0.2, 0) is 11.4 Å². The minimum Gasteiger partial charge on any atom is -0.478 e.